The van der Waals surface area contributed by atoms with Crippen molar-refractivity contribution in [2.24, 2.45) is 0 Å². The molecule has 0 radical (unpaired) electrons. The number of hydrogen-bond donors (Lipinski definition) is 2. The van der Waals surface area contributed by atoms with E-state index in [1.54, 1.807) is 5.43 Å². The van der Waals surface area contributed by atoms with Crippen molar-refractivity contribution in [2.45, 2.75) is 6.42 Å². The Morgan fingerprint density at radius 2 is 2.17 bits per heavy atom. The molecule has 0 bridgehead atoms. The highest BCUT2D eigenvalue weighted by atomic mass is 32.2. The molecule has 0 fully saturated rings. The van der Waals surface area contributed by atoms with Gasteiger partial charge >= 0.3 is 0 Å². The minimum Gasteiger partial charge on any atom is -0.748 e. The number of para-hydroxylation sites is 1. The van der Waals surface area contributed by atoms with Crippen molar-refractivity contribution in [1.82, 2.24) is 4.98 Å². The van der Waals surface area contributed by atoms with Crippen LogP contribution in [-0.2, 0) is 10.1 Å². The van der Waals surface area contributed by atoms with Gasteiger partial charge in [0.05, 0.1) is 26.9 Å². The Morgan fingerprint density at radius 1 is 1.39 bits per heavy atom. The fourth-order valence-electron chi connectivity index (χ4n) is 1.46. The van der Waals surface area contributed by atoms with Crippen molar-refractivity contribution >= 4 is 36.8 Å². The Balaban J connectivity index is 1.80. The molecule has 0 aliphatic carbocycles. The van der Waals surface area contributed by atoms with E-state index in [2.05, 4.69) is 10.4 Å². The lowest BCUT2D eigenvalue weighted by atomic mass is 10.3. The van der Waals surface area contributed by atoms with Crippen LogP contribution in [0.15, 0.2) is 24.3 Å². The van der Waals surface area contributed by atoms with Crippen LogP contribution < -0.4 is 10.9 Å². The van der Waals surface area contributed by atoms with E-state index >= 15 is 0 Å². The van der Waals surface area contributed by atoms with Crippen LogP contribution >= 0.6 is 11.3 Å². The van der Waals surface area contributed by atoms with Gasteiger partial charge in [-0.3, -0.25) is 0 Å². The lowest BCUT2D eigenvalue weighted by molar-refractivity contribution is -0.625. The van der Waals surface area contributed by atoms with E-state index in [9.17, 15) is 13.0 Å². The zero-order valence-electron chi connectivity index (χ0n) is 9.50. The second-order valence-corrected chi connectivity index (χ2v) is 6.29. The fraction of sp³-hybridized carbons (Fsp3) is 0.300. The standard InChI is InChI=1S/C10H13N3O3S2/c14-18(15,16)7-3-6-11-13-10-12-8-4-1-2-5-9(8)17-10/h1-2,4-5,11H,3,6-7H2,(H,12,13)(H,14,15,16). The number of fused-ring (bicyclic) bond motifs is 1. The van der Waals surface area contributed by atoms with Crippen LogP contribution in [0.2, 0.25) is 0 Å². The number of nitrogens with zero attached hydrogens (tertiary/aromatic N) is 1. The van der Waals surface area contributed by atoms with E-state index in [4.69, 9.17) is 0 Å². The minimum atomic E-state index is -4.10. The van der Waals surface area contributed by atoms with Crippen molar-refractivity contribution in [3.63, 3.8) is 0 Å². The van der Waals surface area contributed by atoms with Crippen LogP contribution in [0, 0.1) is 0 Å². The van der Waals surface area contributed by atoms with E-state index in [-0.39, 0.29) is 5.75 Å². The molecule has 2 rings (SSSR count). The molecule has 0 aliphatic rings. The Hall–Kier alpha value is -1.22. The summed E-state index contributed by atoms with van der Waals surface area (Å²) < 4.78 is 32.2. The second-order valence-electron chi connectivity index (χ2n) is 3.74. The van der Waals surface area contributed by atoms with Gasteiger partial charge in [0.15, 0.2) is 0 Å². The second kappa shape index (κ2) is 5.61. The summed E-state index contributed by atoms with van der Waals surface area (Å²) in [6.45, 7) is 0.511. The van der Waals surface area contributed by atoms with Gasteiger partial charge in [-0.25, -0.2) is 24.3 Å². The van der Waals surface area contributed by atoms with Gasteiger partial charge in [0.25, 0.3) is 0 Å². The molecular formula is C10H13N3O3S2. The fourth-order valence-corrected chi connectivity index (χ4v) is 2.84. The summed E-state index contributed by atoms with van der Waals surface area (Å²) in [5, 5.41) is 0.765. The monoisotopic (exact) mass is 287 g/mol. The molecule has 8 heteroatoms. The summed E-state index contributed by atoms with van der Waals surface area (Å²) in [7, 11) is -4.10. The smallest absolute Gasteiger partial charge is 0.230 e. The maximum atomic E-state index is 10.4. The van der Waals surface area contributed by atoms with Crippen molar-refractivity contribution in [2.75, 3.05) is 17.7 Å². The van der Waals surface area contributed by atoms with Gasteiger partial charge in [-0.2, -0.15) is 0 Å². The molecule has 0 amide bonds. The number of hydrogen-bond acceptors (Lipinski definition) is 6. The first-order valence-electron chi connectivity index (χ1n) is 5.42. The Labute approximate surface area is 109 Å². The summed E-state index contributed by atoms with van der Waals surface area (Å²) in [6.07, 6.45) is 0.323. The van der Waals surface area contributed by atoms with E-state index < -0.39 is 10.1 Å². The van der Waals surface area contributed by atoms with Gasteiger partial charge in [-0.05, 0) is 12.1 Å². The van der Waals surface area contributed by atoms with Crippen LogP contribution in [0.3, 0.4) is 0 Å². The molecule has 1 aromatic carbocycles. The van der Waals surface area contributed by atoms with Gasteiger partial charge in [-0.15, -0.1) is 0 Å². The van der Waals surface area contributed by atoms with Crippen LogP contribution in [-0.4, -0.2) is 30.3 Å². The van der Waals surface area contributed by atoms with Crippen LogP contribution in [0.4, 0.5) is 5.13 Å². The average molecular weight is 287 g/mol. The quantitative estimate of drug-likeness (QED) is 0.340. The molecule has 0 atom stereocenters. The van der Waals surface area contributed by atoms with Crippen LogP contribution in [0.25, 0.3) is 10.2 Å². The molecule has 1 heterocycles. The number of nitrogens with two attached hydrogens (primary N) is 1. The molecule has 0 spiro atoms. The van der Waals surface area contributed by atoms with Gasteiger partial charge in [0, 0.05) is 12.2 Å². The molecule has 0 aliphatic heterocycles. The maximum absolute atomic E-state index is 10.4. The number of rotatable bonds is 6. The first-order chi connectivity index (χ1) is 8.54. The molecule has 0 saturated carbocycles. The topological polar surface area (TPSA) is 98.7 Å². The molecule has 0 unspecified atom stereocenters. The minimum absolute atomic E-state index is 0.323. The number of benzene rings is 1. The third-order valence-corrected chi connectivity index (χ3v) is 4.02. The molecule has 2 aromatic rings. The summed E-state index contributed by atoms with van der Waals surface area (Å²) >= 11 is 1.53. The SMILES string of the molecule is O=S(=O)([O-])CCC[NH2+]Nc1nc2ccccc2s1. The lowest BCUT2D eigenvalue weighted by Gasteiger charge is -2.05. The number of aromatic nitrogens is 1. The van der Waals surface area contributed by atoms with Crippen molar-refractivity contribution in [3.05, 3.63) is 24.3 Å². The summed E-state index contributed by atoms with van der Waals surface area (Å²) in [6, 6.07) is 7.80. The van der Waals surface area contributed by atoms with Crippen LogP contribution in [0.1, 0.15) is 6.42 Å². The number of nitrogen functional groups attached to an aromatic ring is 1. The highest BCUT2D eigenvalue weighted by Gasteiger charge is 2.03. The van der Waals surface area contributed by atoms with Gasteiger partial charge in [0.2, 0.25) is 5.13 Å². The lowest BCUT2D eigenvalue weighted by Crippen LogP contribution is -2.88. The maximum Gasteiger partial charge on any atom is 0.230 e. The first-order valence-corrected chi connectivity index (χ1v) is 7.81. The van der Waals surface area contributed by atoms with Crippen molar-refractivity contribution in [1.29, 1.82) is 0 Å². The highest BCUT2D eigenvalue weighted by Crippen LogP contribution is 2.23. The molecule has 6 nitrogen and oxygen atoms in total. The van der Waals surface area contributed by atoms with Crippen molar-refractivity contribution < 1.29 is 18.4 Å². The van der Waals surface area contributed by atoms with E-state index in [0.717, 1.165) is 15.3 Å². The third-order valence-electron chi connectivity index (χ3n) is 2.26. The van der Waals surface area contributed by atoms with Crippen molar-refractivity contribution in [3.8, 4) is 0 Å². The molecular weight excluding hydrogens is 274 g/mol. The predicted octanol–water partition coefficient (Wildman–Crippen LogP) is 0.122. The number of anilines is 1. The van der Waals surface area contributed by atoms with E-state index in [1.165, 1.54) is 11.3 Å². The zero-order valence-corrected chi connectivity index (χ0v) is 11.1. The number of thiazole rings is 1. The summed E-state index contributed by atoms with van der Waals surface area (Å²) in [5.41, 5.74) is 5.66. The molecule has 1 aromatic heterocycles. The number of quaternary nitrogens is 1. The highest BCUT2D eigenvalue weighted by molar-refractivity contribution is 7.85. The molecule has 0 saturated heterocycles. The third kappa shape index (κ3) is 3.91. The largest absolute Gasteiger partial charge is 0.748 e. The Bertz CT molecular complexity index is 591. The molecule has 18 heavy (non-hydrogen) atoms. The number of nitrogens with one attached hydrogen (secondary N) is 1. The van der Waals surface area contributed by atoms with E-state index in [0.29, 0.717) is 13.0 Å². The van der Waals surface area contributed by atoms with Gasteiger partial charge in [-0.1, -0.05) is 23.5 Å². The van der Waals surface area contributed by atoms with E-state index in [1.807, 2.05) is 24.3 Å². The Kier molecular flexibility index (Phi) is 4.12. The van der Waals surface area contributed by atoms with Crippen LogP contribution in [0.5, 0.6) is 0 Å². The molecule has 3 N–H and O–H groups in total. The zero-order chi connectivity index (χ0) is 13.0. The first kappa shape index (κ1) is 13.2. The summed E-state index contributed by atoms with van der Waals surface area (Å²) in [4.78, 5) is 4.36. The molecule has 98 valence electrons. The normalized spacial score (nSPS) is 11.8. The summed E-state index contributed by atoms with van der Waals surface area (Å²) in [5.74, 6) is -0.328. The Morgan fingerprint density at radius 3 is 2.89 bits per heavy atom. The van der Waals surface area contributed by atoms with Gasteiger partial charge < -0.3 is 4.55 Å². The van der Waals surface area contributed by atoms with Gasteiger partial charge in [0.1, 0.15) is 0 Å². The average Bonchev–Trinajstić information content (AvgIpc) is 2.69. The predicted molar refractivity (Wildman–Crippen MR) is 69.2 cm³/mol.